The molecule has 3 aromatic rings. The zero-order valence-corrected chi connectivity index (χ0v) is 19.2. The van der Waals surface area contributed by atoms with Gasteiger partial charge in [-0.3, -0.25) is 19.3 Å². The third-order valence-electron chi connectivity index (χ3n) is 5.55. The SMILES string of the molecule is CCNC(=O)c1coc(CN2C(=O)COc3ccc(C(=O)COc4cccc(C)c4C)cc32)n1. The number of hydrogen-bond donors (Lipinski definition) is 1. The molecule has 0 spiro atoms. The minimum Gasteiger partial charge on any atom is -0.485 e. The second-order valence-corrected chi connectivity index (χ2v) is 7.85. The second-order valence-electron chi connectivity index (χ2n) is 7.85. The van der Waals surface area contributed by atoms with Gasteiger partial charge in [0.1, 0.15) is 24.3 Å². The van der Waals surface area contributed by atoms with Gasteiger partial charge in [-0.1, -0.05) is 12.1 Å². The third kappa shape index (κ3) is 4.78. The Bertz CT molecular complexity index is 1250. The number of ether oxygens (including phenoxy) is 2. The number of carbonyl (C=O) groups excluding carboxylic acids is 3. The van der Waals surface area contributed by atoms with Gasteiger partial charge in [-0.2, -0.15) is 0 Å². The number of oxazole rings is 1. The van der Waals surface area contributed by atoms with Crippen molar-refractivity contribution in [1.82, 2.24) is 10.3 Å². The van der Waals surface area contributed by atoms with Crippen LogP contribution in [0.2, 0.25) is 0 Å². The van der Waals surface area contributed by atoms with Crippen LogP contribution in [0, 0.1) is 13.8 Å². The maximum absolute atomic E-state index is 12.8. The lowest BCUT2D eigenvalue weighted by Crippen LogP contribution is -2.38. The lowest BCUT2D eigenvalue weighted by Gasteiger charge is -2.28. The van der Waals surface area contributed by atoms with Crippen molar-refractivity contribution in [3.63, 3.8) is 0 Å². The van der Waals surface area contributed by atoms with Crippen molar-refractivity contribution < 1.29 is 28.3 Å². The zero-order chi connectivity index (χ0) is 24.2. The van der Waals surface area contributed by atoms with Crippen molar-refractivity contribution in [3.8, 4) is 11.5 Å². The number of carbonyl (C=O) groups is 3. The number of ketones is 1. The number of aromatic nitrogens is 1. The molecule has 0 saturated heterocycles. The predicted molar refractivity (Wildman–Crippen MR) is 123 cm³/mol. The number of benzene rings is 2. The molecule has 2 aromatic carbocycles. The summed E-state index contributed by atoms with van der Waals surface area (Å²) in [6, 6.07) is 10.6. The molecule has 176 valence electrons. The van der Waals surface area contributed by atoms with Crippen LogP contribution in [0.1, 0.15) is 44.8 Å². The van der Waals surface area contributed by atoms with Gasteiger partial charge in [0, 0.05) is 12.1 Å². The number of nitrogens with one attached hydrogen (secondary N) is 1. The first-order chi connectivity index (χ1) is 16.4. The number of fused-ring (bicyclic) bond motifs is 1. The molecule has 9 heteroatoms. The number of nitrogens with zero attached hydrogens (tertiary/aromatic N) is 2. The van der Waals surface area contributed by atoms with E-state index in [1.54, 1.807) is 25.1 Å². The Balaban J connectivity index is 1.52. The minimum absolute atomic E-state index is 0.00870. The van der Waals surface area contributed by atoms with Crippen LogP contribution < -0.4 is 19.7 Å². The van der Waals surface area contributed by atoms with Gasteiger partial charge >= 0.3 is 0 Å². The fraction of sp³-hybridized carbons (Fsp3) is 0.280. The Labute approximate surface area is 196 Å². The number of amides is 2. The van der Waals surface area contributed by atoms with Gasteiger partial charge in [0.05, 0.1) is 5.69 Å². The van der Waals surface area contributed by atoms with Crippen LogP contribution in [0.5, 0.6) is 11.5 Å². The summed E-state index contributed by atoms with van der Waals surface area (Å²) in [6.07, 6.45) is 1.25. The molecule has 0 radical (unpaired) electrons. The van der Waals surface area contributed by atoms with E-state index in [0.717, 1.165) is 11.1 Å². The van der Waals surface area contributed by atoms with Gasteiger partial charge in [-0.25, -0.2) is 4.98 Å². The van der Waals surface area contributed by atoms with E-state index < -0.39 is 0 Å². The molecule has 1 aliphatic heterocycles. The first-order valence-electron chi connectivity index (χ1n) is 10.9. The Hall–Kier alpha value is -4.14. The average molecular weight is 463 g/mol. The Morgan fingerprint density at radius 3 is 2.82 bits per heavy atom. The third-order valence-corrected chi connectivity index (χ3v) is 5.55. The van der Waals surface area contributed by atoms with Crippen molar-refractivity contribution in [1.29, 1.82) is 0 Å². The smallest absolute Gasteiger partial charge is 0.273 e. The van der Waals surface area contributed by atoms with Crippen LogP contribution in [0.4, 0.5) is 5.69 Å². The Morgan fingerprint density at radius 2 is 2.03 bits per heavy atom. The van der Waals surface area contributed by atoms with Crippen LogP contribution in [0.15, 0.2) is 47.1 Å². The van der Waals surface area contributed by atoms with E-state index in [2.05, 4.69) is 10.3 Å². The molecule has 9 nitrogen and oxygen atoms in total. The topological polar surface area (TPSA) is 111 Å². The van der Waals surface area contributed by atoms with Gasteiger partial charge in [0.15, 0.2) is 24.7 Å². The van der Waals surface area contributed by atoms with Gasteiger partial charge in [-0.15, -0.1) is 0 Å². The Kier molecular flexibility index (Phi) is 6.62. The molecule has 0 saturated carbocycles. The monoisotopic (exact) mass is 463 g/mol. The first kappa shape index (κ1) is 23.0. The van der Waals surface area contributed by atoms with E-state index in [-0.39, 0.29) is 48.9 Å². The van der Waals surface area contributed by atoms with E-state index in [9.17, 15) is 14.4 Å². The Morgan fingerprint density at radius 1 is 1.21 bits per heavy atom. The maximum Gasteiger partial charge on any atom is 0.273 e. The molecule has 4 rings (SSSR count). The standard InChI is InChI=1S/C25H25N3O6/c1-4-26-25(31)18-12-34-23(27-18)11-28-19-10-17(8-9-22(19)33-14-24(28)30)20(29)13-32-21-7-5-6-15(2)16(21)3/h5-10,12H,4,11,13-14H2,1-3H3,(H,26,31). The fourth-order valence-corrected chi connectivity index (χ4v) is 3.53. The molecule has 2 amide bonds. The molecule has 0 bridgehead atoms. The quantitative estimate of drug-likeness (QED) is 0.511. The number of hydrogen-bond acceptors (Lipinski definition) is 7. The summed E-state index contributed by atoms with van der Waals surface area (Å²) in [7, 11) is 0. The molecule has 1 aliphatic rings. The number of Topliss-reactive ketones (excluding diaryl/α,β-unsaturated/α-hetero) is 1. The molecular weight excluding hydrogens is 438 g/mol. The number of anilines is 1. The minimum atomic E-state index is -0.358. The molecule has 0 aliphatic carbocycles. The molecule has 0 fully saturated rings. The highest BCUT2D eigenvalue weighted by Crippen LogP contribution is 2.34. The summed E-state index contributed by atoms with van der Waals surface area (Å²) in [6.45, 7) is 5.87. The van der Waals surface area contributed by atoms with Crippen molar-refractivity contribution in [3.05, 3.63) is 70.9 Å². The van der Waals surface area contributed by atoms with Gasteiger partial charge in [-0.05, 0) is 56.2 Å². The molecule has 1 aromatic heterocycles. The van der Waals surface area contributed by atoms with Crippen molar-refractivity contribution >= 4 is 23.3 Å². The van der Waals surface area contributed by atoms with Crippen molar-refractivity contribution in [2.75, 3.05) is 24.7 Å². The summed E-state index contributed by atoms with van der Waals surface area (Å²) in [5.41, 5.74) is 2.98. The van der Waals surface area contributed by atoms with Crippen LogP contribution >= 0.6 is 0 Å². The van der Waals surface area contributed by atoms with Gasteiger partial charge in [0.25, 0.3) is 11.8 Å². The van der Waals surface area contributed by atoms with E-state index in [1.165, 1.54) is 11.2 Å². The molecule has 0 atom stereocenters. The van der Waals surface area contributed by atoms with Crippen molar-refractivity contribution in [2.24, 2.45) is 0 Å². The molecular formula is C25H25N3O6. The van der Waals surface area contributed by atoms with E-state index >= 15 is 0 Å². The van der Waals surface area contributed by atoms with Crippen LogP contribution in [0.25, 0.3) is 0 Å². The largest absolute Gasteiger partial charge is 0.485 e. The summed E-state index contributed by atoms with van der Waals surface area (Å²) in [5, 5.41) is 2.64. The highest BCUT2D eigenvalue weighted by atomic mass is 16.5. The molecule has 0 unspecified atom stereocenters. The second kappa shape index (κ2) is 9.78. The van der Waals surface area contributed by atoms with Crippen LogP contribution in [0.3, 0.4) is 0 Å². The predicted octanol–water partition coefficient (Wildman–Crippen LogP) is 3.23. The van der Waals surface area contributed by atoms with Gasteiger partial charge in [0.2, 0.25) is 5.89 Å². The van der Waals surface area contributed by atoms with Crippen LogP contribution in [-0.4, -0.2) is 42.3 Å². The molecule has 34 heavy (non-hydrogen) atoms. The zero-order valence-electron chi connectivity index (χ0n) is 19.2. The lowest BCUT2D eigenvalue weighted by atomic mass is 10.1. The normalized spacial score (nSPS) is 12.7. The summed E-state index contributed by atoms with van der Waals surface area (Å²) in [5.74, 6) is 0.388. The first-order valence-corrected chi connectivity index (χ1v) is 10.9. The fourth-order valence-electron chi connectivity index (χ4n) is 3.53. The maximum atomic E-state index is 12.8. The van der Waals surface area contributed by atoms with Crippen LogP contribution in [-0.2, 0) is 11.3 Å². The molecule has 2 heterocycles. The van der Waals surface area contributed by atoms with Gasteiger partial charge < -0.3 is 19.2 Å². The van der Waals surface area contributed by atoms with E-state index in [0.29, 0.717) is 29.3 Å². The van der Waals surface area contributed by atoms with E-state index in [4.69, 9.17) is 13.9 Å². The summed E-state index contributed by atoms with van der Waals surface area (Å²) < 4.78 is 16.7. The highest BCUT2D eigenvalue weighted by molar-refractivity contribution is 6.02. The number of aryl methyl sites for hydroxylation is 1. The summed E-state index contributed by atoms with van der Waals surface area (Å²) in [4.78, 5) is 43.0. The lowest BCUT2D eigenvalue weighted by molar-refractivity contribution is -0.121. The van der Waals surface area contributed by atoms with E-state index in [1.807, 2.05) is 32.0 Å². The number of rotatable bonds is 8. The average Bonchev–Trinajstić information content (AvgIpc) is 3.30. The van der Waals surface area contributed by atoms with Crippen molar-refractivity contribution in [2.45, 2.75) is 27.3 Å². The highest BCUT2D eigenvalue weighted by Gasteiger charge is 2.28. The summed E-state index contributed by atoms with van der Waals surface area (Å²) >= 11 is 0. The molecule has 1 N–H and O–H groups in total.